The van der Waals surface area contributed by atoms with E-state index in [1.807, 2.05) is 24.3 Å². The molecule has 0 atom stereocenters. The highest BCUT2D eigenvalue weighted by Gasteiger charge is 2.13. The maximum absolute atomic E-state index is 13.2. The van der Waals surface area contributed by atoms with Crippen molar-refractivity contribution >= 4 is 28.5 Å². The van der Waals surface area contributed by atoms with Crippen LogP contribution in [0.1, 0.15) is 10.4 Å². The van der Waals surface area contributed by atoms with E-state index in [9.17, 15) is 14.0 Å². The molecule has 4 rings (SSSR count). The first kappa shape index (κ1) is 22.7. The zero-order chi connectivity index (χ0) is 24.1. The molecule has 8 heteroatoms. The number of hydrogen-bond acceptors (Lipinski definition) is 6. The van der Waals surface area contributed by atoms with Gasteiger partial charge in [-0.25, -0.2) is 14.2 Å². The lowest BCUT2D eigenvalue weighted by Gasteiger charge is -2.13. The molecule has 0 fully saturated rings. The van der Waals surface area contributed by atoms with Crippen LogP contribution in [0, 0.1) is 5.82 Å². The number of halogens is 1. The van der Waals surface area contributed by atoms with Gasteiger partial charge < -0.3 is 19.5 Å². The molecule has 0 aliphatic heterocycles. The lowest BCUT2D eigenvalue weighted by atomic mass is 10.1. The molecule has 0 spiro atoms. The van der Waals surface area contributed by atoms with Gasteiger partial charge in [-0.1, -0.05) is 0 Å². The highest BCUT2D eigenvalue weighted by atomic mass is 19.1. The number of pyridine rings is 1. The summed E-state index contributed by atoms with van der Waals surface area (Å²) in [6, 6.07) is 19.5. The zero-order valence-electron chi connectivity index (χ0n) is 18.5. The van der Waals surface area contributed by atoms with Crippen molar-refractivity contribution in [2.45, 2.75) is 0 Å². The Hall–Kier alpha value is -4.46. The molecule has 0 radical (unpaired) electrons. The molecule has 0 aliphatic carbocycles. The van der Waals surface area contributed by atoms with Crippen molar-refractivity contribution in [3.63, 3.8) is 0 Å². The van der Waals surface area contributed by atoms with E-state index in [1.54, 1.807) is 31.4 Å². The topological polar surface area (TPSA) is 86.8 Å². The minimum Gasteiger partial charge on any atom is -0.497 e. The van der Waals surface area contributed by atoms with Gasteiger partial charge in [0.05, 0.1) is 25.4 Å². The Labute approximate surface area is 195 Å². The number of amides is 1. The number of fused-ring (bicyclic) bond motifs is 1. The van der Waals surface area contributed by atoms with Crippen molar-refractivity contribution in [1.29, 1.82) is 0 Å². The van der Waals surface area contributed by atoms with E-state index in [-0.39, 0.29) is 12.5 Å². The van der Waals surface area contributed by atoms with E-state index in [2.05, 4.69) is 10.1 Å². The van der Waals surface area contributed by atoms with Crippen molar-refractivity contribution in [1.82, 2.24) is 4.98 Å². The molecule has 0 bridgehead atoms. The van der Waals surface area contributed by atoms with E-state index in [4.69, 9.17) is 14.5 Å². The fourth-order valence-corrected chi connectivity index (χ4v) is 3.30. The first-order valence-corrected chi connectivity index (χ1v) is 10.3. The molecular weight excluding hydrogens is 439 g/mol. The number of carbonyl (C=O) groups is 2. The van der Waals surface area contributed by atoms with E-state index in [1.165, 1.54) is 31.4 Å². The molecule has 0 saturated carbocycles. The van der Waals surface area contributed by atoms with Crippen LogP contribution in [0.3, 0.4) is 0 Å². The summed E-state index contributed by atoms with van der Waals surface area (Å²) in [6.45, 7) is -0.288. The summed E-state index contributed by atoms with van der Waals surface area (Å²) in [4.78, 5) is 28.9. The van der Waals surface area contributed by atoms with Crippen LogP contribution >= 0.6 is 0 Å². The number of ether oxygens (including phenoxy) is 3. The monoisotopic (exact) mass is 460 g/mol. The molecule has 34 heavy (non-hydrogen) atoms. The van der Waals surface area contributed by atoms with E-state index >= 15 is 0 Å². The van der Waals surface area contributed by atoms with Crippen molar-refractivity contribution in [3.05, 3.63) is 84.2 Å². The summed E-state index contributed by atoms with van der Waals surface area (Å²) in [5.41, 5.74) is 2.88. The summed E-state index contributed by atoms with van der Waals surface area (Å²) in [7, 11) is 2.87. The molecule has 0 unspecified atom stereocenters. The van der Waals surface area contributed by atoms with Crippen LogP contribution in [0.25, 0.3) is 22.2 Å². The summed E-state index contributed by atoms with van der Waals surface area (Å²) in [6.07, 6.45) is 0. The number of carbonyl (C=O) groups excluding carboxylic acids is 2. The molecule has 172 valence electrons. The van der Waals surface area contributed by atoms with Crippen LogP contribution in [0.2, 0.25) is 0 Å². The van der Waals surface area contributed by atoms with Gasteiger partial charge in [0.1, 0.15) is 17.3 Å². The normalized spacial score (nSPS) is 10.6. The Morgan fingerprint density at radius 3 is 2.35 bits per heavy atom. The molecule has 0 saturated heterocycles. The van der Waals surface area contributed by atoms with Crippen molar-refractivity contribution in [3.8, 4) is 22.8 Å². The van der Waals surface area contributed by atoms with Crippen LogP contribution in [-0.4, -0.2) is 37.7 Å². The Kier molecular flexibility index (Phi) is 6.68. The molecule has 3 aromatic carbocycles. The predicted octanol–water partition coefficient (Wildman–Crippen LogP) is 4.85. The van der Waals surface area contributed by atoms with Gasteiger partial charge in [0.15, 0.2) is 6.61 Å². The second-order valence-corrected chi connectivity index (χ2v) is 7.29. The van der Waals surface area contributed by atoms with Crippen LogP contribution in [0.15, 0.2) is 72.8 Å². The zero-order valence-corrected chi connectivity index (χ0v) is 18.5. The van der Waals surface area contributed by atoms with Crippen molar-refractivity contribution in [2.24, 2.45) is 0 Å². The standard InChI is InChI=1S/C26H21FN2O5/c1-32-20-10-5-16(6-11-20)23-14-24(34-15-25(30)33-2)21-13-19(9-12-22(21)29-23)28-26(31)17-3-7-18(27)8-4-17/h3-14H,15H2,1-2H3,(H,28,31). The quantitative estimate of drug-likeness (QED) is 0.397. The predicted molar refractivity (Wildman–Crippen MR) is 126 cm³/mol. The van der Waals surface area contributed by atoms with Gasteiger partial charge in [-0.2, -0.15) is 0 Å². The van der Waals surface area contributed by atoms with Gasteiger partial charge in [0.2, 0.25) is 0 Å². The Morgan fingerprint density at radius 1 is 0.941 bits per heavy atom. The maximum Gasteiger partial charge on any atom is 0.343 e. The van der Waals surface area contributed by atoms with E-state index in [0.29, 0.717) is 39.3 Å². The SMILES string of the molecule is COC(=O)COc1cc(-c2ccc(OC)cc2)nc2ccc(NC(=O)c3ccc(F)cc3)cc12. The lowest BCUT2D eigenvalue weighted by Crippen LogP contribution is -2.13. The van der Waals surface area contributed by atoms with Gasteiger partial charge in [0.25, 0.3) is 5.91 Å². The molecule has 7 nitrogen and oxygen atoms in total. The van der Waals surface area contributed by atoms with Crippen LogP contribution in [0.4, 0.5) is 10.1 Å². The highest BCUT2D eigenvalue weighted by Crippen LogP contribution is 2.32. The Balaban J connectivity index is 1.70. The number of nitrogens with zero attached hydrogens (tertiary/aromatic N) is 1. The van der Waals surface area contributed by atoms with Gasteiger partial charge in [-0.15, -0.1) is 0 Å². The van der Waals surface area contributed by atoms with Gasteiger partial charge >= 0.3 is 5.97 Å². The van der Waals surface area contributed by atoms with Crippen molar-refractivity contribution in [2.75, 3.05) is 26.1 Å². The number of methoxy groups -OCH3 is 2. The summed E-state index contributed by atoms with van der Waals surface area (Å²) >= 11 is 0. The van der Waals surface area contributed by atoms with Crippen molar-refractivity contribution < 1.29 is 28.2 Å². The van der Waals surface area contributed by atoms with Crippen LogP contribution in [-0.2, 0) is 9.53 Å². The largest absolute Gasteiger partial charge is 0.497 e. The Morgan fingerprint density at radius 2 is 1.68 bits per heavy atom. The average molecular weight is 460 g/mol. The molecule has 1 N–H and O–H groups in total. The molecule has 1 heterocycles. The van der Waals surface area contributed by atoms with E-state index in [0.717, 1.165) is 5.56 Å². The van der Waals surface area contributed by atoms with Gasteiger partial charge in [-0.3, -0.25) is 4.79 Å². The molecule has 4 aromatic rings. The number of rotatable bonds is 7. The average Bonchev–Trinajstić information content (AvgIpc) is 2.87. The fourth-order valence-electron chi connectivity index (χ4n) is 3.30. The molecule has 0 aliphatic rings. The third-order valence-corrected chi connectivity index (χ3v) is 5.09. The van der Waals surface area contributed by atoms with Crippen LogP contribution in [0.5, 0.6) is 11.5 Å². The second kappa shape index (κ2) is 9.99. The number of benzene rings is 3. The van der Waals surface area contributed by atoms with Gasteiger partial charge in [0, 0.05) is 28.3 Å². The first-order valence-electron chi connectivity index (χ1n) is 10.3. The van der Waals surface area contributed by atoms with Crippen LogP contribution < -0.4 is 14.8 Å². The lowest BCUT2D eigenvalue weighted by molar-refractivity contribution is -0.142. The number of aromatic nitrogens is 1. The second-order valence-electron chi connectivity index (χ2n) is 7.29. The smallest absolute Gasteiger partial charge is 0.343 e. The minimum atomic E-state index is -0.531. The number of nitrogens with one attached hydrogen (secondary N) is 1. The number of hydrogen-bond donors (Lipinski definition) is 1. The highest BCUT2D eigenvalue weighted by molar-refractivity contribution is 6.05. The minimum absolute atomic E-state index is 0.288. The molecular formula is C26H21FN2O5. The Bertz CT molecular complexity index is 1340. The number of esters is 1. The number of anilines is 1. The summed E-state index contributed by atoms with van der Waals surface area (Å²) in [5, 5.41) is 3.38. The van der Waals surface area contributed by atoms with E-state index < -0.39 is 11.8 Å². The third kappa shape index (κ3) is 5.12. The summed E-state index contributed by atoms with van der Waals surface area (Å²) < 4.78 is 28.8. The fraction of sp³-hybridized carbons (Fsp3) is 0.115. The molecule has 1 aromatic heterocycles. The third-order valence-electron chi connectivity index (χ3n) is 5.09. The molecule has 1 amide bonds. The maximum atomic E-state index is 13.2. The summed E-state index contributed by atoms with van der Waals surface area (Å²) in [5.74, 6) is -0.225. The van der Waals surface area contributed by atoms with Gasteiger partial charge in [-0.05, 0) is 66.7 Å². The first-order chi connectivity index (χ1) is 16.5.